The standard InChI is InChI=1S/C16H11ClF4N6O/c1-15(14(28)27(15)6-16(19,20)21)26-13-10(18)5-24-12(25-13)9-4-23-11-8(9)2-7(17)3-22-11/h2-5H,6H2,1H3,(H,22,23)(H,24,25,26). The lowest BCUT2D eigenvalue weighted by atomic mass is 10.2. The van der Waals surface area contributed by atoms with Gasteiger partial charge in [-0.05, 0) is 13.0 Å². The SMILES string of the molecule is CC1(Nc2nc(-c3c[nH]c4ncc(Cl)cc34)ncc2F)C(=O)N1CC(F)(F)F. The minimum atomic E-state index is -4.57. The Labute approximate surface area is 159 Å². The van der Waals surface area contributed by atoms with Crippen molar-refractivity contribution in [3.8, 4) is 11.4 Å². The second-order valence-electron chi connectivity index (χ2n) is 6.35. The second-order valence-corrected chi connectivity index (χ2v) is 6.78. The first-order valence-corrected chi connectivity index (χ1v) is 8.29. The van der Waals surface area contributed by atoms with Gasteiger partial charge < -0.3 is 10.3 Å². The number of aromatic nitrogens is 4. The maximum absolute atomic E-state index is 14.2. The Hall–Kier alpha value is -2.95. The number of halogens is 5. The number of alkyl halides is 3. The summed E-state index contributed by atoms with van der Waals surface area (Å²) in [5.74, 6) is -2.03. The molecule has 0 saturated carbocycles. The molecule has 146 valence electrons. The lowest BCUT2D eigenvalue weighted by Gasteiger charge is -2.15. The van der Waals surface area contributed by atoms with Crippen LogP contribution in [0.25, 0.3) is 22.4 Å². The highest BCUT2D eigenvalue weighted by molar-refractivity contribution is 6.31. The number of aromatic amines is 1. The van der Waals surface area contributed by atoms with E-state index in [4.69, 9.17) is 11.6 Å². The quantitative estimate of drug-likeness (QED) is 0.505. The number of hydrogen-bond acceptors (Lipinski definition) is 5. The number of amides is 1. The Balaban J connectivity index is 1.67. The van der Waals surface area contributed by atoms with E-state index < -0.39 is 35.9 Å². The number of nitrogens with zero attached hydrogens (tertiary/aromatic N) is 4. The molecule has 1 fully saturated rings. The number of carbonyl (C=O) groups excluding carboxylic acids is 1. The van der Waals surface area contributed by atoms with E-state index in [-0.39, 0.29) is 5.82 Å². The molecule has 1 atom stereocenters. The number of carbonyl (C=O) groups is 1. The highest BCUT2D eigenvalue weighted by atomic mass is 35.5. The van der Waals surface area contributed by atoms with Crippen LogP contribution in [0.3, 0.4) is 0 Å². The maximum atomic E-state index is 14.2. The molecule has 0 spiro atoms. The monoisotopic (exact) mass is 414 g/mol. The normalized spacial score (nSPS) is 19.4. The number of fused-ring (bicyclic) bond motifs is 1. The first-order chi connectivity index (χ1) is 13.1. The molecule has 0 aromatic carbocycles. The smallest absolute Gasteiger partial charge is 0.345 e. The van der Waals surface area contributed by atoms with Crippen LogP contribution >= 0.6 is 11.6 Å². The van der Waals surface area contributed by atoms with Crippen molar-refractivity contribution in [2.75, 3.05) is 11.9 Å². The van der Waals surface area contributed by atoms with Crippen LogP contribution in [-0.4, -0.2) is 49.1 Å². The van der Waals surface area contributed by atoms with Gasteiger partial charge in [-0.15, -0.1) is 0 Å². The molecule has 1 saturated heterocycles. The predicted octanol–water partition coefficient (Wildman–Crippen LogP) is 3.35. The maximum Gasteiger partial charge on any atom is 0.406 e. The van der Waals surface area contributed by atoms with Crippen LogP contribution < -0.4 is 5.32 Å². The van der Waals surface area contributed by atoms with Crippen LogP contribution in [0.15, 0.2) is 24.7 Å². The molecule has 1 unspecified atom stereocenters. The van der Waals surface area contributed by atoms with Crippen LogP contribution in [0.1, 0.15) is 6.92 Å². The van der Waals surface area contributed by atoms with E-state index in [1.807, 2.05) is 0 Å². The minimum Gasteiger partial charge on any atom is -0.345 e. The van der Waals surface area contributed by atoms with Gasteiger partial charge in [-0.25, -0.2) is 19.3 Å². The molecular weight excluding hydrogens is 404 g/mol. The Morgan fingerprint density at radius 1 is 1.32 bits per heavy atom. The summed E-state index contributed by atoms with van der Waals surface area (Å²) in [5, 5.41) is 3.39. The van der Waals surface area contributed by atoms with E-state index in [9.17, 15) is 22.4 Å². The molecule has 1 amide bonds. The topological polar surface area (TPSA) is 86.6 Å². The predicted molar refractivity (Wildman–Crippen MR) is 91.9 cm³/mol. The molecule has 0 radical (unpaired) electrons. The summed E-state index contributed by atoms with van der Waals surface area (Å²) in [6.07, 6.45) is -0.713. The van der Waals surface area contributed by atoms with E-state index in [0.29, 0.717) is 26.5 Å². The fraction of sp³-hybridized carbons (Fsp3) is 0.250. The van der Waals surface area contributed by atoms with Gasteiger partial charge in [-0.2, -0.15) is 13.2 Å². The molecule has 1 aliphatic rings. The lowest BCUT2D eigenvalue weighted by molar-refractivity contribution is -0.142. The van der Waals surface area contributed by atoms with Gasteiger partial charge in [-0.1, -0.05) is 11.6 Å². The average molecular weight is 415 g/mol. The van der Waals surface area contributed by atoms with E-state index in [2.05, 4.69) is 25.3 Å². The Kier molecular flexibility index (Phi) is 3.96. The average Bonchev–Trinajstić information content (AvgIpc) is 2.95. The Morgan fingerprint density at radius 2 is 2.07 bits per heavy atom. The number of hydrogen-bond donors (Lipinski definition) is 2. The van der Waals surface area contributed by atoms with Crippen molar-refractivity contribution in [1.82, 2.24) is 24.8 Å². The van der Waals surface area contributed by atoms with E-state index in [0.717, 1.165) is 6.20 Å². The fourth-order valence-electron chi connectivity index (χ4n) is 2.87. The third-order valence-corrected chi connectivity index (χ3v) is 4.54. The number of nitrogens with one attached hydrogen (secondary N) is 2. The van der Waals surface area contributed by atoms with Crippen molar-refractivity contribution in [2.24, 2.45) is 0 Å². The largest absolute Gasteiger partial charge is 0.406 e. The summed E-state index contributed by atoms with van der Waals surface area (Å²) in [5.41, 5.74) is -0.734. The third kappa shape index (κ3) is 3.11. The number of rotatable bonds is 4. The zero-order chi connectivity index (χ0) is 20.3. The highest BCUT2D eigenvalue weighted by Crippen LogP contribution is 2.38. The van der Waals surface area contributed by atoms with Crippen molar-refractivity contribution in [1.29, 1.82) is 0 Å². The molecule has 28 heavy (non-hydrogen) atoms. The molecule has 7 nitrogen and oxygen atoms in total. The molecular formula is C16H11ClF4N6O. The van der Waals surface area contributed by atoms with Crippen molar-refractivity contribution < 1.29 is 22.4 Å². The van der Waals surface area contributed by atoms with Crippen LogP contribution in [0, 0.1) is 5.82 Å². The highest BCUT2D eigenvalue weighted by Gasteiger charge is 2.62. The van der Waals surface area contributed by atoms with Crippen molar-refractivity contribution >= 4 is 34.4 Å². The van der Waals surface area contributed by atoms with Crippen LogP contribution in [0.5, 0.6) is 0 Å². The molecule has 3 aromatic rings. The number of H-pyrrole nitrogens is 1. The molecule has 2 N–H and O–H groups in total. The van der Waals surface area contributed by atoms with Crippen molar-refractivity contribution in [3.05, 3.63) is 35.5 Å². The van der Waals surface area contributed by atoms with Gasteiger partial charge in [0.25, 0.3) is 5.91 Å². The molecule has 0 bridgehead atoms. The third-order valence-electron chi connectivity index (χ3n) is 4.33. The molecule has 4 heterocycles. The van der Waals surface area contributed by atoms with Gasteiger partial charge in [-0.3, -0.25) is 9.69 Å². The van der Waals surface area contributed by atoms with E-state index >= 15 is 0 Å². The molecule has 3 aromatic heterocycles. The zero-order valence-electron chi connectivity index (χ0n) is 14.1. The van der Waals surface area contributed by atoms with Crippen LogP contribution in [0.4, 0.5) is 23.4 Å². The minimum absolute atomic E-state index is 0.0817. The zero-order valence-corrected chi connectivity index (χ0v) is 14.9. The van der Waals surface area contributed by atoms with E-state index in [1.54, 1.807) is 12.3 Å². The first kappa shape index (κ1) is 18.4. The van der Waals surface area contributed by atoms with Crippen molar-refractivity contribution in [2.45, 2.75) is 18.8 Å². The first-order valence-electron chi connectivity index (χ1n) is 7.91. The second kappa shape index (κ2) is 6.03. The summed E-state index contributed by atoms with van der Waals surface area (Å²) >= 11 is 5.95. The summed E-state index contributed by atoms with van der Waals surface area (Å²) < 4.78 is 51.9. The molecule has 12 heteroatoms. The number of pyridine rings is 1. The van der Waals surface area contributed by atoms with Gasteiger partial charge in [0, 0.05) is 23.3 Å². The summed E-state index contributed by atoms with van der Waals surface area (Å²) in [7, 11) is 0. The van der Waals surface area contributed by atoms with E-state index in [1.165, 1.54) is 13.1 Å². The van der Waals surface area contributed by atoms with Crippen LogP contribution in [0.2, 0.25) is 5.02 Å². The Bertz CT molecular complexity index is 1100. The molecule has 4 rings (SSSR count). The van der Waals surface area contributed by atoms with Gasteiger partial charge >= 0.3 is 6.18 Å². The van der Waals surface area contributed by atoms with Gasteiger partial charge in [0.2, 0.25) is 0 Å². The fourth-order valence-corrected chi connectivity index (χ4v) is 3.03. The molecule has 0 aliphatic carbocycles. The summed E-state index contributed by atoms with van der Waals surface area (Å²) in [4.78, 5) is 27.3. The lowest BCUT2D eigenvalue weighted by Crippen LogP contribution is -2.31. The van der Waals surface area contributed by atoms with Gasteiger partial charge in [0.15, 0.2) is 23.1 Å². The summed E-state index contributed by atoms with van der Waals surface area (Å²) in [6, 6.07) is 1.62. The van der Waals surface area contributed by atoms with Gasteiger partial charge in [0.1, 0.15) is 12.2 Å². The molecule has 1 aliphatic heterocycles. The van der Waals surface area contributed by atoms with Gasteiger partial charge in [0.05, 0.1) is 11.2 Å². The van der Waals surface area contributed by atoms with Crippen LogP contribution in [-0.2, 0) is 4.79 Å². The van der Waals surface area contributed by atoms with Crippen molar-refractivity contribution in [3.63, 3.8) is 0 Å². The number of anilines is 1. The Morgan fingerprint density at radius 3 is 2.79 bits per heavy atom. The summed E-state index contributed by atoms with van der Waals surface area (Å²) in [6.45, 7) is -0.223.